The summed E-state index contributed by atoms with van der Waals surface area (Å²) in [7, 11) is 1.60. The second kappa shape index (κ2) is 5.10. The lowest BCUT2D eigenvalue weighted by Crippen LogP contribution is -2.11. The highest BCUT2D eigenvalue weighted by Gasteiger charge is 2.25. The maximum atomic E-state index is 13.4. The molecule has 2 aromatic rings. The molecule has 0 amide bonds. The minimum atomic E-state index is -2.18. The number of nitrogens with one attached hydrogen (secondary N) is 1. The van der Waals surface area contributed by atoms with Crippen LogP contribution >= 0.6 is 0 Å². The summed E-state index contributed by atoms with van der Waals surface area (Å²) in [6, 6.07) is 1.62. The fraction of sp³-hybridized carbons (Fsp3) is 0.250. The van der Waals surface area contributed by atoms with E-state index >= 15 is 0 Å². The summed E-state index contributed by atoms with van der Waals surface area (Å²) in [6.45, 7) is 1.58. The van der Waals surface area contributed by atoms with E-state index in [-0.39, 0.29) is 6.54 Å². The van der Waals surface area contributed by atoms with Crippen LogP contribution in [0.2, 0.25) is 0 Å². The quantitative estimate of drug-likeness (QED) is 0.535. The predicted octanol–water partition coefficient (Wildman–Crippen LogP) is 3.04. The van der Waals surface area contributed by atoms with Gasteiger partial charge in [0, 0.05) is 7.05 Å². The van der Waals surface area contributed by atoms with Gasteiger partial charge in [0.15, 0.2) is 23.3 Å². The number of hydrogen-bond donors (Lipinski definition) is 1. The summed E-state index contributed by atoms with van der Waals surface area (Å²) in [5.74, 6) is -9.91. The van der Waals surface area contributed by atoms with Gasteiger partial charge < -0.3 is 5.32 Å². The van der Waals surface area contributed by atoms with Crippen molar-refractivity contribution in [2.24, 2.45) is 7.05 Å². The van der Waals surface area contributed by atoms with Crippen LogP contribution in [0, 0.1) is 36.0 Å². The molecule has 0 atom stereocenters. The van der Waals surface area contributed by atoms with Gasteiger partial charge in [-0.25, -0.2) is 22.0 Å². The van der Waals surface area contributed by atoms with Gasteiger partial charge >= 0.3 is 0 Å². The molecule has 8 heteroatoms. The monoisotopic (exact) mass is 291 g/mol. The Hall–Kier alpha value is -2.12. The molecule has 0 aliphatic heterocycles. The maximum Gasteiger partial charge on any atom is 0.200 e. The number of halogens is 5. The minimum Gasteiger partial charge on any atom is -0.374 e. The molecule has 20 heavy (non-hydrogen) atoms. The second-order valence-corrected chi connectivity index (χ2v) is 4.20. The van der Waals surface area contributed by atoms with Crippen molar-refractivity contribution in [1.82, 2.24) is 9.78 Å². The molecular formula is C12H10F5N3. The van der Waals surface area contributed by atoms with Gasteiger partial charge in [0.2, 0.25) is 5.82 Å². The molecule has 0 saturated carbocycles. The molecule has 0 spiro atoms. The summed E-state index contributed by atoms with van der Waals surface area (Å²) in [6.07, 6.45) is 0. The number of aromatic nitrogens is 2. The van der Waals surface area contributed by atoms with E-state index < -0.39 is 34.8 Å². The maximum absolute atomic E-state index is 13.4. The van der Waals surface area contributed by atoms with Crippen LogP contribution in [-0.4, -0.2) is 9.78 Å². The topological polar surface area (TPSA) is 29.9 Å². The first-order chi connectivity index (χ1) is 9.32. The Kier molecular flexibility index (Phi) is 3.65. The van der Waals surface area contributed by atoms with Gasteiger partial charge in [-0.05, 0) is 13.0 Å². The first kappa shape index (κ1) is 14.3. The van der Waals surface area contributed by atoms with E-state index in [1.165, 1.54) is 4.68 Å². The average molecular weight is 291 g/mol. The van der Waals surface area contributed by atoms with Crippen LogP contribution in [0.15, 0.2) is 6.07 Å². The van der Waals surface area contributed by atoms with E-state index in [0.717, 1.165) is 0 Å². The number of anilines is 1. The molecule has 2 rings (SSSR count). The average Bonchev–Trinajstić information content (AvgIpc) is 2.72. The van der Waals surface area contributed by atoms with E-state index in [1.54, 1.807) is 20.0 Å². The molecule has 1 aromatic carbocycles. The number of rotatable bonds is 3. The molecule has 0 aliphatic carbocycles. The molecule has 0 aliphatic rings. The largest absolute Gasteiger partial charge is 0.374 e. The van der Waals surface area contributed by atoms with Gasteiger partial charge in [0.05, 0.1) is 17.9 Å². The molecule has 108 valence electrons. The highest BCUT2D eigenvalue weighted by Crippen LogP contribution is 2.27. The van der Waals surface area contributed by atoms with E-state index in [2.05, 4.69) is 10.4 Å². The van der Waals surface area contributed by atoms with Crippen molar-refractivity contribution in [3.05, 3.63) is 46.5 Å². The Morgan fingerprint density at radius 2 is 1.50 bits per heavy atom. The zero-order chi connectivity index (χ0) is 15.0. The van der Waals surface area contributed by atoms with Crippen LogP contribution in [0.1, 0.15) is 11.4 Å². The molecule has 1 aromatic heterocycles. The number of nitrogens with zero attached hydrogens (tertiary/aromatic N) is 2. The van der Waals surface area contributed by atoms with Crippen LogP contribution in [0.5, 0.6) is 0 Å². The molecule has 0 radical (unpaired) electrons. The smallest absolute Gasteiger partial charge is 0.200 e. The summed E-state index contributed by atoms with van der Waals surface area (Å²) >= 11 is 0. The van der Waals surface area contributed by atoms with Crippen molar-refractivity contribution in [1.29, 1.82) is 0 Å². The Morgan fingerprint density at radius 3 is 1.95 bits per heavy atom. The number of aryl methyl sites for hydroxylation is 2. The van der Waals surface area contributed by atoms with Crippen molar-refractivity contribution in [3.8, 4) is 0 Å². The first-order valence-corrected chi connectivity index (χ1v) is 5.57. The first-order valence-electron chi connectivity index (χ1n) is 5.57. The zero-order valence-corrected chi connectivity index (χ0v) is 10.6. The zero-order valence-electron chi connectivity index (χ0n) is 10.6. The Bertz CT molecular complexity index is 637. The predicted molar refractivity (Wildman–Crippen MR) is 61.5 cm³/mol. The molecule has 1 N–H and O–H groups in total. The van der Waals surface area contributed by atoms with E-state index in [0.29, 0.717) is 11.4 Å². The van der Waals surface area contributed by atoms with Crippen molar-refractivity contribution in [2.45, 2.75) is 13.5 Å². The van der Waals surface area contributed by atoms with Crippen molar-refractivity contribution in [3.63, 3.8) is 0 Å². The molecular weight excluding hydrogens is 281 g/mol. The molecule has 0 saturated heterocycles. The summed E-state index contributed by atoms with van der Waals surface area (Å²) in [5, 5.41) is 6.20. The third-order valence-corrected chi connectivity index (χ3v) is 2.75. The minimum absolute atomic E-state index is 0.129. The number of hydrogen-bond acceptors (Lipinski definition) is 2. The molecule has 0 unspecified atom stereocenters. The standard InChI is InChI=1S/C12H10F5N3/c1-5-3-6(20(2)19-5)4-18-12-10(16)8(14)7(13)9(15)11(12)17/h3,18H,4H2,1-2H3. The third-order valence-electron chi connectivity index (χ3n) is 2.75. The van der Waals surface area contributed by atoms with Crippen molar-refractivity contribution < 1.29 is 22.0 Å². The molecule has 0 fully saturated rings. The summed E-state index contributed by atoms with van der Waals surface area (Å²) < 4.78 is 67.1. The highest BCUT2D eigenvalue weighted by molar-refractivity contribution is 5.48. The van der Waals surface area contributed by atoms with E-state index in [9.17, 15) is 22.0 Å². The van der Waals surface area contributed by atoms with Crippen LogP contribution in [0.4, 0.5) is 27.6 Å². The molecule has 3 nitrogen and oxygen atoms in total. The Labute approximate surface area is 111 Å². The lowest BCUT2D eigenvalue weighted by Gasteiger charge is -2.10. The van der Waals surface area contributed by atoms with Crippen molar-refractivity contribution >= 4 is 5.69 Å². The van der Waals surface area contributed by atoms with Crippen LogP contribution in [0.25, 0.3) is 0 Å². The fourth-order valence-electron chi connectivity index (χ4n) is 1.77. The van der Waals surface area contributed by atoms with Crippen LogP contribution < -0.4 is 5.32 Å². The lowest BCUT2D eigenvalue weighted by atomic mass is 10.2. The van der Waals surface area contributed by atoms with Gasteiger partial charge in [-0.3, -0.25) is 4.68 Å². The molecule has 1 heterocycles. The van der Waals surface area contributed by atoms with Gasteiger partial charge in [-0.15, -0.1) is 0 Å². The van der Waals surface area contributed by atoms with Gasteiger partial charge in [-0.1, -0.05) is 0 Å². The Morgan fingerprint density at radius 1 is 1.00 bits per heavy atom. The van der Waals surface area contributed by atoms with Crippen LogP contribution in [0.3, 0.4) is 0 Å². The lowest BCUT2D eigenvalue weighted by molar-refractivity contribution is 0.381. The van der Waals surface area contributed by atoms with Crippen molar-refractivity contribution in [2.75, 3.05) is 5.32 Å². The van der Waals surface area contributed by atoms with Gasteiger partial charge in [0.25, 0.3) is 0 Å². The van der Waals surface area contributed by atoms with E-state index in [4.69, 9.17) is 0 Å². The second-order valence-electron chi connectivity index (χ2n) is 4.20. The summed E-state index contributed by atoms with van der Waals surface area (Å²) in [4.78, 5) is 0. The van der Waals surface area contributed by atoms with Gasteiger partial charge in [0.1, 0.15) is 5.69 Å². The SMILES string of the molecule is Cc1cc(CNc2c(F)c(F)c(F)c(F)c2F)n(C)n1. The number of benzene rings is 1. The summed E-state index contributed by atoms with van der Waals surface area (Å²) in [5.41, 5.74) is 0.147. The molecule has 0 bridgehead atoms. The normalized spacial score (nSPS) is 10.9. The fourth-order valence-corrected chi connectivity index (χ4v) is 1.77. The highest BCUT2D eigenvalue weighted by atomic mass is 19.2. The van der Waals surface area contributed by atoms with Crippen LogP contribution in [-0.2, 0) is 13.6 Å². The Balaban J connectivity index is 2.33. The van der Waals surface area contributed by atoms with E-state index in [1.807, 2.05) is 0 Å². The third kappa shape index (κ3) is 2.33. The van der Waals surface area contributed by atoms with Gasteiger partial charge in [-0.2, -0.15) is 5.10 Å².